The van der Waals surface area contributed by atoms with E-state index in [-0.39, 0.29) is 5.41 Å². The van der Waals surface area contributed by atoms with Crippen LogP contribution in [-0.2, 0) is 5.41 Å². The minimum absolute atomic E-state index is 0.146. The predicted molar refractivity (Wildman–Crippen MR) is 221 cm³/mol. The maximum absolute atomic E-state index is 7.13. The first-order valence-electron chi connectivity index (χ1n) is 18.3. The van der Waals surface area contributed by atoms with Crippen LogP contribution in [0.2, 0.25) is 0 Å². The summed E-state index contributed by atoms with van der Waals surface area (Å²) in [6.07, 6.45) is 0. The molecule has 1 nitrogen and oxygen atoms in total. The smallest absolute Gasteiger partial charge is 0.143 e. The van der Waals surface area contributed by atoms with Gasteiger partial charge in [-0.2, -0.15) is 0 Å². The maximum Gasteiger partial charge on any atom is 0.143 e. The molecule has 1 heteroatoms. The highest BCUT2D eigenvalue weighted by Crippen LogP contribution is 2.53. The lowest BCUT2D eigenvalue weighted by Gasteiger charge is -2.23. The SMILES string of the molecule is CC1(C)c2cc(-c3ccc(-c4ccc5ccc6cccc7ccc4c5c67)c4c3oc3c5ccccc5ccc34)ccc2-c2ccc3ccccc3c21. The third-order valence-electron chi connectivity index (χ3n) is 12.2. The lowest BCUT2D eigenvalue weighted by molar-refractivity contribution is 0.666. The molecule has 10 aromatic carbocycles. The van der Waals surface area contributed by atoms with Crippen LogP contribution < -0.4 is 0 Å². The van der Waals surface area contributed by atoms with Crippen molar-refractivity contribution >= 4 is 75.8 Å². The third kappa shape index (κ3) is 3.58. The molecule has 1 aliphatic rings. The Labute approximate surface area is 300 Å². The molecular weight excluding hydrogens is 629 g/mol. The van der Waals surface area contributed by atoms with Gasteiger partial charge in [0.15, 0.2) is 0 Å². The molecule has 52 heavy (non-hydrogen) atoms. The topological polar surface area (TPSA) is 13.1 Å². The number of benzene rings is 10. The van der Waals surface area contributed by atoms with E-state index in [0.29, 0.717) is 0 Å². The van der Waals surface area contributed by atoms with E-state index in [9.17, 15) is 0 Å². The molecule has 0 N–H and O–H groups in total. The van der Waals surface area contributed by atoms with Crippen molar-refractivity contribution in [1.29, 1.82) is 0 Å². The van der Waals surface area contributed by atoms with Gasteiger partial charge in [-0.05, 0) is 106 Å². The van der Waals surface area contributed by atoms with E-state index in [4.69, 9.17) is 4.42 Å². The Bertz CT molecular complexity index is 3300. The van der Waals surface area contributed by atoms with Crippen LogP contribution >= 0.6 is 0 Å². The summed E-state index contributed by atoms with van der Waals surface area (Å²) in [5.41, 5.74) is 11.9. The maximum atomic E-state index is 7.13. The molecule has 0 amide bonds. The highest BCUT2D eigenvalue weighted by molar-refractivity contribution is 6.28. The molecule has 0 radical (unpaired) electrons. The second-order valence-electron chi connectivity index (χ2n) is 15.2. The van der Waals surface area contributed by atoms with Crippen molar-refractivity contribution in [2.45, 2.75) is 19.3 Å². The molecule has 1 heterocycles. The van der Waals surface area contributed by atoms with Gasteiger partial charge < -0.3 is 4.42 Å². The number of rotatable bonds is 2. The van der Waals surface area contributed by atoms with Crippen LogP contribution in [0.25, 0.3) is 109 Å². The van der Waals surface area contributed by atoms with Gasteiger partial charge in [0.05, 0.1) is 0 Å². The second kappa shape index (κ2) is 9.87. The first-order chi connectivity index (χ1) is 25.5. The van der Waals surface area contributed by atoms with Crippen molar-refractivity contribution in [2.75, 3.05) is 0 Å². The fourth-order valence-corrected chi connectivity index (χ4v) is 9.80. The molecule has 11 aromatic rings. The lowest BCUT2D eigenvalue weighted by atomic mass is 9.79. The summed E-state index contributed by atoms with van der Waals surface area (Å²) in [7, 11) is 0. The molecule has 1 aromatic heterocycles. The minimum Gasteiger partial charge on any atom is -0.455 e. The minimum atomic E-state index is -0.146. The molecule has 1 aliphatic carbocycles. The van der Waals surface area contributed by atoms with Crippen LogP contribution in [0.1, 0.15) is 25.0 Å². The summed E-state index contributed by atoms with van der Waals surface area (Å²) in [5, 5.41) is 15.0. The Morgan fingerprint density at radius 2 is 0.942 bits per heavy atom. The van der Waals surface area contributed by atoms with E-state index in [1.807, 2.05) is 0 Å². The van der Waals surface area contributed by atoms with Gasteiger partial charge in [-0.1, -0.05) is 153 Å². The molecule has 0 bridgehead atoms. The van der Waals surface area contributed by atoms with E-state index < -0.39 is 0 Å². The molecule has 0 atom stereocenters. The molecule has 0 aliphatic heterocycles. The first-order valence-corrected chi connectivity index (χ1v) is 18.3. The van der Waals surface area contributed by atoms with Crippen molar-refractivity contribution in [2.24, 2.45) is 0 Å². The Kier molecular flexibility index (Phi) is 5.37. The molecule has 0 fully saturated rings. The van der Waals surface area contributed by atoms with Crippen molar-refractivity contribution in [3.05, 3.63) is 169 Å². The molecule has 0 saturated heterocycles. The summed E-state index contributed by atoms with van der Waals surface area (Å²) >= 11 is 0. The van der Waals surface area contributed by atoms with Gasteiger partial charge in [0.25, 0.3) is 0 Å². The van der Waals surface area contributed by atoms with Gasteiger partial charge in [0.2, 0.25) is 0 Å². The zero-order chi connectivity index (χ0) is 34.3. The van der Waals surface area contributed by atoms with E-state index in [0.717, 1.165) is 27.5 Å². The van der Waals surface area contributed by atoms with E-state index in [2.05, 4.69) is 172 Å². The fourth-order valence-electron chi connectivity index (χ4n) is 9.80. The Morgan fingerprint density at radius 3 is 1.79 bits per heavy atom. The molecule has 0 saturated carbocycles. The van der Waals surface area contributed by atoms with Crippen molar-refractivity contribution in [3.8, 4) is 33.4 Å². The molecule has 242 valence electrons. The summed E-state index contributed by atoms with van der Waals surface area (Å²) in [6, 6.07) is 58.6. The summed E-state index contributed by atoms with van der Waals surface area (Å²) in [6.45, 7) is 4.77. The molecule has 0 spiro atoms. The van der Waals surface area contributed by atoms with Crippen LogP contribution in [-0.4, -0.2) is 0 Å². The third-order valence-corrected chi connectivity index (χ3v) is 12.2. The average Bonchev–Trinajstić information content (AvgIpc) is 3.69. The Balaban J connectivity index is 1.15. The standard InChI is InChI=1S/C51H32O/c1-51(2)44-28-34(20-22-39(44)42-24-16-29-8-3-5-12-35(29)48(42)51)37-26-27-41(47-43-25-17-30-9-4-6-13-36(30)49(43)52-50(37)47)38-21-18-33-15-14-31-10-7-11-32-19-23-40(38)46(33)45(31)32/h3-28H,1-2H3. The zero-order valence-electron chi connectivity index (χ0n) is 28.9. The summed E-state index contributed by atoms with van der Waals surface area (Å²) in [5.74, 6) is 0. The predicted octanol–water partition coefficient (Wildman–Crippen LogP) is 14.4. The van der Waals surface area contributed by atoms with Crippen molar-refractivity contribution < 1.29 is 4.42 Å². The second-order valence-corrected chi connectivity index (χ2v) is 15.2. The monoisotopic (exact) mass is 660 g/mol. The Morgan fingerprint density at radius 1 is 0.365 bits per heavy atom. The van der Waals surface area contributed by atoms with Crippen LogP contribution in [0.3, 0.4) is 0 Å². The van der Waals surface area contributed by atoms with Crippen molar-refractivity contribution in [1.82, 2.24) is 0 Å². The molecule has 12 rings (SSSR count). The van der Waals surface area contributed by atoms with Crippen LogP contribution in [0.5, 0.6) is 0 Å². The average molecular weight is 661 g/mol. The number of furan rings is 1. The normalized spacial score (nSPS) is 13.7. The zero-order valence-corrected chi connectivity index (χ0v) is 28.9. The summed E-state index contributed by atoms with van der Waals surface area (Å²) in [4.78, 5) is 0. The highest BCUT2D eigenvalue weighted by Gasteiger charge is 2.37. The van der Waals surface area contributed by atoms with Gasteiger partial charge in [0.1, 0.15) is 11.2 Å². The van der Waals surface area contributed by atoms with Crippen LogP contribution in [0.4, 0.5) is 0 Å². The number of hydrogen-bond acceptors (Lipinski definition) is 1. The fraction of sp³-hybridized carbons (Fsp3) is 0.0588. The number of fused-ring (bicyclic) bond motifs is 10. The van der Waals surface area contributed by atoms with E-state index in [1.165, 1.54) is 92.8 Å². The van der Waals surface area contributed by atoms with Gasteiger partial charge in [-0.15, -0.1) is 0 Å². The molecule has 0 unspecified atom stereocenters. The van der Waals surface area contributed by atoms with Crippen LogP contribution in [0, 0.1) is 0 Å². The van der Waals surface area contributed by atoms with Gasteiger partial charge in [-0.25, -0.2) is 0 Å². The first kappa shape index (κ1) is 28.3. The Hall–Kier alpha value is -6.44. The largest absolute Gasteiger partial charge is 0.455 e. The number of hydrogen-bond donors (Lipinski definition) is 0. The van der Waals surface area contributed by atoms with Gasteiger partial charge in [-0.3, -0.25) is 0 Å². The summed E-state index contributed by atoms with van der Waals surface area (Å²) < 4.78 is 7.13. The van der Waals surface area contributed by atoms with Gasteiger partial charge >= 0.3 is 0 Å². The van der Waals surface area contributed by atoms with Crippen LogP contribution in [0.15, 0.2) is 162 Å². The quantitative estimate of drug-likeness (QED) is 0.168. The lowest BCUT2D eigenvalue weighted by Crippen LogP contribution is -2.15. The van der Waals surface area contributed by atoms with Gasteiger partial charge in [0, 0.05) is 27.1 Å². The van der Waals surface area contributed by atoms with E-state index in [1.54, 1.807) is 0 Å². The molecular formula is C51H32O. The van der Waals surface area contributed by atoms with Crippen molar-refractivity contribution in [3.63, 3.8) is 0 Å². The van der Waals surface area contributed by atoms with E-state index >= 15 is 0 Å². The highest BCUT2D eigenvalue weighted by atomic mass is 16.3.